The standard InChI is InChI=1S/C13H22N2O2/c1-3-8-14-13(17)10(2)15-9-11-4-6-12(16)7-5-11/h1,10-12,15-16H,4-9H2,2H3,(H,14,17). The molecule has 0 aliphatic heterocycles. The summed E-state index contributed by atoms with van der Waals surface area (Å²) < 4.78 is 0. The predicted molar refractivity (Wildman–Crippen MR) is 67.3 cm³/mol. The molecule has 1 rings (SSSR count). The topological polar surface area (TPSA) is 61.4 Å². The highest BCUT2D eigenvalue weighted by Crippen LogP contribution is 2.23. The molecule has 1 aliphatic carbocycles. The van der Waals surface area contributed by atoms with Gasteiger partial charge in [-0.2, -0.15) is 0 Å². The quantitative estimate of drug-likeness (QED) is 0.602. The molecule has 0 saturated heterocycles. The van der Waals surface area contributed by atoms with E-state index in [1.165, 1.54) is 0 Å². The monoisotopic (exact) mass is 238 g/mol. The van der Waals surface area contributed by atoms with Crippen molar-refractivity contribution in [1.82, 2.24) is 10.6 Å². The minimum absolute atomic E-state index is 0.0567. The van der Waals surface area contributed by atoms with E-state index in [0.717, 1.165) is 32.2 Å². The van der Waals surface area contributed by atoms with Crippen molar-refractivity contribution in [2.45, 2.75) is 44.8 Å². The highest BCUT2D eigenvalue weighted by Gasteiger charge is 2.20. The fourth-order valence-corrected chi connectivity index (χ4v) is 2.08. The highest BCUT2D eigenvalue weighted by molar-refractivity contribution is 5.81. The zero-order valence-corrected chi connectivity index (χ0v) is 10.4. The molecule has 1 aliphatic rings. The Balaban J connectivity index is 2.17. The van der Waals surface area contributed by atoms with E-state index in [0.29, 0.717) is 5.92 Å². The number of rotatable bonds is 5. The molecular formula is C13H22N2O2. The molecule has 0 bridgehead atoms. The fourth-order valence-electron chi connectivity index (χ4n) is 2.08. The smallest absolute Gasteiger partial charge is 0.237 e. The molecule has 0 radical (unpaired) electrons. The van der Waals surface area contributed by atoms with Gasteiger partial charge in [0.25, 0.3) is 0 Å². The lowest BCUT2D eigenvalue weighted by atomic mass is 9.87. The van der Waals surface area contributed by atoms with Crippen LogP contribution in [-0.4, -0.2) is 36.2 Å². The second-order valence-corrected chi connectivity index (χ2v) is 4.73. The molecule has 0 heterocycles. The second-order valence-electron chi connectivity index (χ2n) is 4.73. The average molecular weight is 238 g/mol. The van der Waals surface area contributed by atoms with Gasteiger partial charge in [-0.05, 0) is 45.1 Å². The van der Waals surface area contributed by atoms with Crippen LogP contribution in [0.4, 0.5) is 0 Å². The van der Waals surface area contributed by atoms with Crippen LogP contribution in [-0.2, 0) is 4.79 Å². The summed E-state index contributed by atoms with van der Waals surface area (Å²) in [6, 6.07) is -0.213. The molecule has 96 valence electrons. The zero-order chi connectivity index (χ0) is 12.7. The number of aliphatic hydroxyl groups excluding tert-OH is 1. The zero-order valence-electron chi connectivity index (χ0n) is 10.4. The van der Waals surface area contributed by atoms with E-state index >= 15 is 0 Å². The van der Waals surface area contributed by atoms with E-state index in [2.05, 4.69) is 16.6 Å². The van der Waals surface area contributed by atoms with Crippen molar-refractivity contribution in [2.75, 3.05) is 13.1 Å². The maximum Gasteiger partial charge on any atom is 0.237 e. The van der Waals surface area contributed by atoms with Gasteiger partial charge in [-0.15, -0.1) is 6.42 Å². The van der Waals surface area contributed by atoms with Crippen molar-refractivity contribution >= 4 is 5.91 Å². The summed E-state index contributed by atoms with van der Waals surface area (Å²) in [5.41, 5.74) is 0. The molecule has 1 atom stereocenters. The Hall–Kier alpha value is -1.05. The Morgan fingerprint density at radius 1 is 1.47 bits per heavy atom. The van der Waals surface area contributed by atoms with Crippen LogP contribution >= 0.6 is 0 Å². The molecule has 1 fully saturated rings. The van der Waals surface area contributed by atoms with Crippen molar-refractivity contribution in [2.24, 2.45) is 5.92 Å². The van der Waals surface area contributed by atoms with Gasteiger partial charge >= 0.3 is 0 Å². The van der Waals surface area contributed by atoms with Gasteiger partial charge < -0.3 is 15.7 Å². The van der Waals surface area contributed by atoms with E-state index in [1.807, 2.05) is 6.92 Å². The summed E-state index contributed by atoms with van der Waals surface area (Å²) in [5, 5.41) is 15.2. The average Bonchev–Trinajstić information content (AvgIpc) is 2.34. The van der Waals surface area contributed by atoms with Crippen molar-refractivity contribution < 1.29 is 9.90 Å². The first kappa shape index (κ1) is 14.0. The predicted octanol–water partition coefficient (Wildman–Crippen LogP) is 0.265. The van der Waals surface area contributed by atoms with Gasteiger partial charge in [0.2, 0.25) is 5.91 Å². The summed E-state index contributed by atoms with van der Waals surface area (Å²) in [4.78, 5) is 11.5. The largest absolute Gasteiger partial charge is 0.393 e. The van der Waals surface area contributed by atoms with E-state index < -0.39 is 0 Å². The van der Waals surface area contributed by atoms with E-state index in [-0.39, 0.29) is 24.6 Å². The third kappa shape index (κ3) is 5.20. The van der Waals surface area contributed by atoms with Gasteiger partial charge in [-0.1, -0.05) is 5.92 Å². The second kappa shape index (κ2) is 7.31. The van der Waals surface area contributed by atoms with Crippen LogP contribution in [0, 0.1) is 18.3 Å². The van der Waals surface area contributed by atoms with Gasteiger partial charge in [-0.25, -0.2) is 0 Å². The van der Waals surface area contributed by atoms with Crippen LogP contribution in [0.2, 0.25) is 0 Å². The van der Waals surface area contributed by atoms with Crippen molar-refractivity contribution in [3.05, 3.63) is 0 Å². The van der Waals surface area contributed by atoms with Crippen LogP contribution in [0.25, 0.3) is 0 Å². The Morgan fingerprint density at radius 3 is 2.71 bits per heavy atom. The van der Waals surface area contributed by atoms with Crippen molar-refractivity contribution in [1.29, 1.82) is 0 Å². The molecule has 0 aromatic rings. The first-order chi connectivity index (χ1) is 8.13. The summed E-state index contributed by atoms with van der Waals surface area (Å²) >= 11 is 0. The number of carbonyl (C=O) groups is 1. The van der Waals surface area contributed by atoms with Crippen LogP contribution in [0.15, 0.2) is 0 Å². The van der Waals surface area contributed by atoms with Crippen molar-refractivity contribution in [3.8, 4) is 12.3 Å². The Labute approximate surface area is 103 Å². The van der Waals surface area contributed by atoms with Gasteiger partial charge in [0.15, 0.2) is 0 Å². The normalized spacial score (nSPS) is 25.9. The minimum atomic E-state index is -0.213. The van der Waals surface area contributed by atoms with Crippen LogP contribution < -0.4 is 10.6 Å². The van der Waals surface area contributed by atoms with E-state index in [1.54, 1.807) is 0 Å². The maximum atomic E-state index is 11.5. The number of amides is 1. The van der Waals surface area contributed by atoms with Gasteiger partial charge in [0.1, 0.15) is 0 Å². The van der Waals surface area contributed by atoms with Crippen LogP contribution in [0.1, 0.15) is 32.6 Å². The molecule has 0 aromatic heterocycles. The molecule has 4 nitrogen and oxygen atoms in total. The molecule has 4 heteroatoms. The molecule has 1 amide bonds. The molecule has 17 heavy (non-hydrogen) atoms. The lowest BCUT2D eigenvalue weighted by Gasteiger charge is -2.26. The van der Waals surface area contributed by atoms with Crippen molar-refractivity contribution in [3.63, 3.8) is 0 Å². The first-order valence-corrected chi connectivity index (χ1v) is 6.26. The third-order valence-corrected chi connectivity index (χ3v) is 3.29. The molecule has 0 spiro atoms. The SMILES string of the molecule is C#CCNC(=O)C(C)NCC1CCC(O)CC1. The number of nitrogens with one attached hydrogen (secondary N) is 2. The lowest BCUT2D eigenvalue weighted by Crippen LogP contribution is -2.44. The number of carbonyl (C=O) groups excluding carboxylic acids is 1. The molecular weight excluding hydrogens is 216 g/mol. The van der Waals surface area contributed by atoms with E-state index in [9.17, 15) is 9.90 Å². The molecule has 1 unspecified atom stereocenters. The summed E-state index contributed by atoms with van der Waals surface area (Å²) in [6.45, 7) is 2.95. The minimum Gasteiger partial charge on any atom is -0.393 e. The Bertz CT molecular complexity index is 278. The Morgan fingerprint density at radius 2 is 2.12 bits per heavy atom. The van der Waals surface area contributed by atoms with Crippen LogP contribution in [0.5, 0.6) is 0 Å². The van der Waals surface area contributed by atoms with Crippen LogP contribution in [0.3, 0.4) is 0 Å². The summed E-state index contributed by atoms with van der Waals surface area (Å²) in [6.07, 6.45) is 8.78. The van der Waals surface area contributed by atoms with Gasteiger partial charge in [0, 0.05) is 0 Å². The first-order valence-electron chi connectivity index (χ1n) is 6.26. The van der Waals surface area contributed by atoms with Gasteiger partial charge in [0.05, 0.1) is 18.7 Å². The lowest BCUT2D eigenvalue weighted by molar-refractivity contribution is -0.122. The molecule has 1 saturated carbocycles. The number of hydrogen-bond acceptors (Lipinski definition) is 3. The molecule has 3 N–H and O–H groups in total. The summed E-state index contributed by atoms with van der Waals surface area (Å²) in [5.74, 6) is 2.89. The Kier molecular flexibility index (Phi) is 6.03. The number of hydrogen-bond donors (Lipinski definition) is 3. The fraction of sp³-hybridized carbons (Fsp3) is 0.769. The van der Waals surface area contributed by atoms with Gasteiger partial charge in [-0.3, -0.25) is 4.79 Å². The third-order valence-electron chi connectivity index (χ3n) is 3.29. The summed E-state index contributed by atoms with van der Waals surface area (Å²) in [7, 11) is 0. The molecule has 0 aromatic carbocycles. The van der Waals surface area contributed by atoms with E-state index in [4.69, 9.17) is 6.42 Å². The highest BCUT2D eigenvalue weighted by atomic mass is 16.3. The maximum absolute atomic E-state index is 11.5. The number of aliphatic hydroxyl groups is 1. The number of terminal acetylenes is 1.